The van der Waals surface area contributed by atoms with Crippen molar-refractivity contribution < 1.29 is 23.5 Å². The Hall–Kier alpha value is -3.46. The van der Waals surface area contributed by atoms with Crippen molar-refractivity contribution in [1.29, 1.82) is 0 Å². The number of benzene rings is 3. The van der Waals surface area contributed by atoms with E-state index in [-0.39, 0.29) is 6.61 Å². The molecule has 0 bridgehead atoms. The van der Waals surface area contributed by atoms with E-state index in [0.717, 1.165) is 22.1 Å². The van der Waals surface area contributed by atoms with Crippen LogP contribution in [-0.2, 0) is 18.7 Å². The van der Waals surface area contributed by atoms with Crippen LogP contribution in [-0.4, -0.2) is 58.3 Å². The fraction of sp³-hybridized carbons (Fsp3) is 0.314. The monoisotopic (exact) mass is 784 g/mol. The highest BCUT2D eigenvalue weighted by Crippen LogP contribution is 2.55. The Bertz CT molecular complexity index is 1810. The molecule has 0 unspecified atom stereocenters. The van der Waals surface area contributed by atoms with E-state index in [2.05, 4.69) is 72.6 Å². The number of methoxy groups -OCH3 is 1. The molecule has 0 spiro atoms. The summed E-state index contributed by atoms with van der Waals surface area (Å²) in [5, 5.41) is 0.876. The van der Waals surface area contributed by atoms with Gasteiger partial charge in [-0.2, -0.15) is 0 Å². The zero-order valence-electron chi connectivity index (χ0n) is 26.8. The van der Waals surface area contributed by atoms with E-state index in [1.54, 1.807) is 37.3 Å². The molecule has 1 N–H and O–H groups in total. The molecule has 4 atom stereocenters. The van der Waals surface area contributed by atoms with Gasteiger partial charge in [0, 0.05) is 11.8 Å². The Morgan fingerprint density at radius 3 is 1.98 bits per heavy atom. The number of carbonyl (C=O) groups is 2. The van der Waals surface area contributed by atoms with Crippen LogP contribution in [0.5, 0.6) is 0 Å². The number of carbonyl (C=O) groups excluding carboxylic acids is 2. The van der Waals surface area contributed by atoms with Crippen LogP contribution >= 0.6 is 34.4 Å². The largest absolute Gasteiger partial charge is 0.468 e. The van der Waals surface area contributed by atoms with Crippen molar-refractivity contribution >= 4 is 65.0 Å². The highest BCUT2D eigenvalue weighted by molar-refractivity contribution is 14.1. The molecule has 1 saturated heterocycles. The first kappa shape index (κ1) is 34.9. The molecule has 0 amide bonds. The van der Waals surface area contributed by atoms with E-state index >= 15 is 0 Å². The van der Waals surface area contributed by atoms with Crippen molar-refractivity contribution in [2.75, 3.05) is 13.7 Å². The second-order valence-electron chi connectivity index (χ2n) is 12.5. The third-order valence-corrected chi connectivity index (χ3v) is 17.0. The molecule has 246 valence electrons. The molecule has 5 rings (SSSR count). The molecule has 9 nitrogen and oxygen atoms in total. The molecule has 1 aliphatic heterocycles. The van der Waals surface area contributed by atoms with Crippen molar-refractivity contribution in [3.63, 3.8) is 0 Å². The number of rotatable bonds is 9. The number of thioether (sulfide) groups is 1. The number of alkyl halides is 1. The Morgan fingerprint density at radius 2 is 1.47 bits per heavy atom. The minimum atomic E-state index is -3.19. The summed E-state index contributed by atoms with van der Waals surface area (Å²) in [7, 11) is -1.90. The van der Waals surface area contributed by atoms with Crippen molar-refractivity contribution in [1.82, 2.24) is 9.55 Å². The Morgan fingerprint density at radius 1 is 0.936 bits per heavy atom. The highest BCUT2D eigenvalue weighted by Gasteiger charge is 2.64. The maximum atomic E-state index is 14.2. The molecule has 2 heterocycles. The molecule has 0 radical (unpaired) electrons. The molecule has 0 aliphatic carbocycles. The minimum Gasteiger partial charge on any atom is -0.468 e. The normalized spacial score (nSPS) is 21.3. The van der Waals surface area contributed by atoms with Gasteiger partial charge in [-0.25, -0.2) is 9.59 Å². The second-order valence-corrected chi connectivity index (χ2v) is 19.6. The Labute approximate surface area is 292 Å². The predicted octanol–water partition coefficient (Wildman–Crippen LogP) is 4.61. The van der Waals surface area contributed by atoms with Crippen molar-refractivity contribution in [3.05, 3.63) is 129 Å². The first-order valence-electron chi connectivity index (χ1n) is 15.1. The van der Waals surface area contributed by atoms with E-state index in [1.807, 2.05) is 36.4 Å². The summed E-state index contributed by atoms with van der Waals surface area (Å²) in [5.41, 5.74) is -0.499. The van der Waals surface area contributed by atoms with Crippen LogP contribution in [0.3, 0.4) is 0 Å². The SMILES string of the molecule is COC(=O)[C@]1(CO[Si](c2ccccc2)(c2ccccc2)C(C)(C)C)S[C@H](n2cc(C)c(=O)[nH]c2=O)[C@@H](I)[C@H]1OC(=O)c1ccccc1. The number of esters is 2. The average Bonchev–Trinajstić information content (AvgIpc) is 3.34. The number of aryl methyl sites for hydroxylation is 1. The molecule has 1 aliphatic rings. The highest BCUT2D eigenvalue weighted by atomic mass is 127. The second kappa shape index (κ2) is 13.9. The summed E-state index contributed by atoms with van der Waals surface area (Å²) in [6, 6.07) is 28.5. The van der Waals surface area contributed by atoms with Gasteiger partial charge in [-0.3, -0.25) is 19.1 Å². The predicted molar refractivity (Wildman–Crippen MR) is 194 cm³/mol. The van der Waals surface area contributed by atoms with Crippen LogP contribution in [0.1, 0.15) is 42.1 Å². The van der Waals surface area contributed by atoms with Gasteiger partial charge < -0.3 is 13.9 Å². The van der Waals surface area contributed by atoms with Gasteiger partial charge in [0.15, 0.2) is 4.75 Å². The lowest BCUT2D eigenvalue weighted by atomic mass is 9.99. The van der Waals surface area contributed by atoms with Gasteiger partial charge in [0.2, 0.25) is 0 Å². The van der Waals surface area contributed by atoms with E-state index in [0.29, 0.717) is 11.1 Å². The lowest BCUT2D eigenvalue weighted by Crippen LogP contribution is -2.68. The number of hydrogen-bond acceptors (Lipinski definition) is 8. The molecule has 12 heteroatoms. The third kappa shape index (κ3) is 6.52. The lowest BCUT2D eigenvalue weighted by molar-refractivity contribution is -0.147. The minimum absolute atomic E-state index is 0.183. The van der Waals surface area contributed by atoms with Gasteiger partial charge >= 0.3 is 17.6 Å². The summed E-state index contributed by atoms with van der Waals surface area (Å²) in [6.45, 7) is 7.81. The van der Waals surface area contributed by atoms with Crippen molar-refractivity contribution in [2.24, 2.45) is 0 Å². The number of nitrogens with zero attached hydrogens (tertiary/aromatic N) is 1. The Kier molecular flexibility index (Phi) is 10.3. The van der Waals surface area contributed by atoms with Gasteiger partial charge in [0.25, 0.3) is 13.9 Å². The molecular formula is C35H37IN2O7SSi. The number of halogens is 1. The quantitative estimate of drug-likeness (QED) is 0.113. The van der Waals surface area contributed by atoms with E-state index in [1.165, 1.54) is 17.9 Å². The molecule has 47 heavy (non-hydrogen) atoms. The number of hydrogen-bond donors (Lipinski definition) is 1. The first-order valence-corrected chi connectivity index (χ1v) is 19.1. The number of aromatic nitrogens is 2. The van der Waals surface area contributed by atoms with Crippen LogP contribution in [0.15, 0.2) is 107 Å². The zero-order valence-corrected chi connectivity index (χ0v) is 30.7. The topological polar surface area (TPSA) is 117 Å². The van der Waals surface area contributed by atoms with Gasteiger partial charge in [-0.1, -0.05) is 122 Å². The molecule has 3 aromatic carbocycles. The summed E-state index contributed by atoms with van der Waals surface area (Å²) >= 11 is 3.27. The van der Waals surface area contributed by atoms with Gasteiger partial charge in [0.05, 0.1) is 23.2 Å². The number of nitrogens with one attached hydrogen (secondary N) is 1. The van der Waals surface area contributed by atoms with Crippen LogP contribution in [0.4, 0.5) is 0 Å². The van der Waals surface area contributed by atoms with E-state index < -0.39 is 56.7 Å². The van der Waals surface area contributed by atoms with Crippen LogP contribution in [0, 0.1) is 6.92 Å². The summed E-state index contributed by atoms with van der Waals surface area (Å²) in [6.07, 6.45) is 0.382. The Balaban J connectivity index is 1.69. The van der Waals surface area contributed by atoms with Crippen LogP contribution in [0.2, 0.25) is 5.04 Å². The van der Waals surface area contributed by atoms with Crippen LogP contribution in [0.25, 0.3) is 0 Å². The van der Waals surface area contributed by atoms with Crippen molar-refractivity contribution in [3.8, 4) is 0 Å². The number of H-pyrrole nitrogens is 1. The molecular weight excluding hydrogens is 747 g/mol. The van der Waals surface area contributed by atoms with E-state index in [4.69, 9.17) is 13.9 Å². The van der Waals surface area contributed by atoms with Crippen molar-refractivity contribution in [2.45, 2.75) is 52.9 Å². The maximum Gasteiger partial charge on any atom is 0.338 e. The fourth-order valence-corrected chi connectivity index (χ4v) is 14.3. The lowest BCUT2D eigenvalue weighted by Gasteiger charge is -2.45. The third-order valence-electron chi connectivity index (χ3n) is 8.47. The first-order chi connectivity index (χ1) is 22.4. The zero-order chi connectivity index (χ0) is 34.0. The van der Waals surface area contributed by atoms with Crippen LogP contribution < -0.4 is 21.6 Å². The average molecular weight is 785 g/mol. The molecule has 1 aromatic heterocycles. The molecule has 4 aromatic rings. The molecule has 0 saturated carbocycles. The number of aromatic amines is 1. The summed E-state index contributed by atoms with van der Waals surface area (Å²) in [5.74, 6) is -1.27. The van der Waals surface area contributed by atoms with Gasteiger partial charge in [0.1, 0.15) is 11.5 Å². The van der Waals surface area contributed by atoms with E-state index in [9.17, 15) is 19.2 Å². The fourth-order valence-electron chi connectivity index (χ4n) is 6.15. The maximum absolute atomic E-state index is 14.2. The number of ether oxygens (including phenoxy) is 2. The standard InChI is InChI=1S/C35H37IN2O7SSi/c1-23-21-38(33(42)37-29(23)39)30-27(36)28(45-31(40)24-15-9-6-10-16-24)35(46-30,32(41)43-5)22-44-47(34(2,3)4,25-17-11-7-12-18-25)26-19-13-8-14-20-26/h6-21,27-28,30H,22H2,1-5H3,(H,37,39,42)/t27-,28+,30-,35+/m0/s1. The molecule has 1 fully saturated rings. The summed E-state index contributed by atoms with van der Waals surface area (Å²) < 4.78 is 18.2. The smallest absolute Gasteiger partial charge is 0.338 e. The summed E-state index contributed by atoms with van der Waals surface area (Å²) in [4.78, 5) is 55.6. The van der Waals surface area contributed by atoms with Gasteiger partial charge in [-0.05, 0) is 34.5 Å². The van der Waals surface area contributed by atoms with Gasteiger partial charge in [-0.15, -0.1) is 11.8 Å².